The third-order valence-electron chi connectivity index (χ3n) is 5.54. The maximum atomic E-state index is 12.4. The van der Waals surface area contributed by atoms with E-state index in [1.54, 1.807) is 12.1 Å². The Morgan fingerprint density at radius 2 is 1.32 bits per heavy atom. The van der Waals surface area contributed by atoms with Gasteiger partial charge in [0, 0.05) is 27.7 Å². The molecule has 1 heterocycles. The van der Waals surface area contributed by atoms with Crippen molar-refractivity contribution < 1.29 is 23.8 Å². The molecule has 3 aromatic carbocycles. The van der Waals surface area contributed by atoms with Crippen LogP contribution in [-0.4, -0.2) is 35.0 Å². The fraction of sp³-hybridized carbons (Fsp3) is 0.281. The van der Waals surface area contributed by atoms with Crippen LogP contribution >= 0.6 is 0 Å². The second kappa shape index (κ2) is 11.1. The number of fused-ring (bicyclic) bond motifs is 3. The Morgan fingerprint density at radius 3 is 1.88 bits per heavy atom. The number of aromatic nitrogens is 1. The number of benzene rings is 3. The molecule has 1 aromatic heterocycles. The number of ether oxygens (including phenoxy) is 3. The summed E-state index contributed by atoms with van der Waals surface area (Å²) >= 11 is 0. The predicted octanol–water partition coefficient (Wildman–Crippen LogP) is 7.76. The van der Waals surface area contributed by atoms with Crippen molar-refractivity contribution in [2.45, 2.75) is 52.7 Å². The third-order valence-corrected chi connectivity index (χ3v) is 5.54. The van der Waals surface area contributed by atoms with Gasteiger partial charge in [-0.1, -0.05) is 18.1 Å². The van der Waals surface area contributed by atoms with Crippen molar-refractivity contribution in [2.24, 2.45) is 0 Å². The molecule has 0 unspecified atom stereocenters. The fourth-order valence-electron chi connectivity index (χ4n) is 4.06. The molecule has 0 bridgehead atoms. The number of amides is 2. The molecule has 0 saturated heterocycles. The van der Waals surface area contributed by atoms with Crippen LogP contribution < -0.4 is 15.4 Å². The van der Waals surface area contributed by atoms with Crippen molar-refractivity contribution in [3.8, 4) is 29.4 Å². The largest absolute Gasteiger partial charge is 0.481 e. The molecule has 0 saturated carbocycles. The van der Waals surface area contributed by atoms with E-state index in [9.17, 15) is 9.59 Å². The molecule has 4 aromatic rings. The summed E-state index contributed by atoms with van der Waals surface area (Å²) in [6, 6.07) is 18.6. The number of nitrogens with zero attached hydrogens (tertiary/aromatic N) is 1. The van der Waals surface area contributed by atoms with Gasteiger partial charge in [-0.15, -0.1) is 6.42 Å². The van der Waals surface area contributed by atoms with E-state index in [-0.39, 0.29) is 6.61 Å². The van der Waals surface area contributed by atoms with Crippen LogP contribution in [0.1, 0.15) is 41.5 Å². The van der Waals surface area contributed by atoms with E-state index in [0.29, 0.717) is 28.3 Å². The number of pyridine rings is 1. The molecule has 0 spiro atoms. The number of anilines is 2. The molecule has 0 aliphatic carbocycles. The quantitative estimate of drug-likeness (QED) is 0.199. The molecule has 2 amide bonds. The molecule has 0 fully saturated rings. The van der Waals surface area contributed by atoms with Crippen molar-refractivity contribution >= 4 is 45.2 Å². The van der Waals surface area contributed by atoms with E-state index < -0.39 is 23.4 Å². The Labute approximate surface area is 234 Å². The monoisotopic (exact) mass is 539 g/mol. The van der Waals surface area contributed by atoms with Crippen molar-refractivity contribution in [2.75, 3.05) is 17.2 Å². The molecule has 206 valence electrons. The molecular weight excluding hydrogens is 506 g/mol. The van der Waals surface area contributed by atoms with Crippen molar-refractivity contribution in [1.82, 2.24) is 4.98 Å². The summed E-state index contributed by atoms with van der Waals surface area (Å²) in [4.78, 5) is 29.8. The van der Waals surface area contributed by atoms with E-state index >= 15 is 0 Å². The van der Waals surface area contributed by atoms with Crippen LogP contribution in [0.25, 0.3) is 32.9 Å². The van der Waals surface area contributed by atoms with Crippen molar-refractivity contribution in [3.05, 3.63) is 60.7 Å². The molecule has 40 heavy (non-hydrogen) atoms. The molecule has 2 N–H and O–H groups in total. The summed E-state index contributed by atoms with van der Waals surface area (Å²) in [6.07, 6.45) is 4.21. The number of hydrogen-bond donors (Lipinski definition) is 2. The Bertz CT molecular complexity index is 1610. The van der Waals surface area contributed by atoms with Crippen LogP contribution in [0, 0.1) is 12.3 Å². The number of carbonyl (C=O) groups excluding carboxylic acids is 2. The molecule has 0 radical (unpaired) electrons. The lowest BCUT2D eigenvalue weighted by Crippen LogP contribution is -2.27. The first-order valence-corrected chi connectivity index (χ1v) is 12.9. The first kappa shape index (κ1) is 28.2. The van der Waals surface area contributed by atoms with Gasteiger partial charge in [0.25, 0.3) is 0 Å². The number of terminal acetylenes is 1. The Hall–Kier alpha value is -4.77. The standard InChI is InChI=1S/C32H33N3O5/c1-8-17-38-23-13-9-20(10-14-23)28-26-18-21(33-29(36)39-31(2,3)4)11-15-24(26)25-16-12-22(19-27(25)35-28)34-30(37)40-32(5,6)7/h1,9-16,18-19H,17H2,2-7H3,(H,33,36)(H,34,37). The van der Waals surface area contributed by atoms with Gasteiger partial charge in [-0.2, -0.15) is 0 Å². The van der Waals surface area contributed by atoms with Gasteiger partial charge in [0.05, 0.1) is 11.2 Å². The van der Waals surface area contributed by atoms with Gasteiger partial charge in [0.1, 0.15) is 23.6 Å². The summed E-state index contributed by atoms with van der Waals surface area (Å²) in [5, 5.41) is 8.22. The molecule has 0 atom stereocenters. The smallest absolute Gasteiger partial charge is 0.412 e. The van der Waals surface area contributed by atoms with Crippen molar-refractivity contribution in [3.63, 3.8) is 0 Å². The summed E-state index contributed by atoms with van der Waals surface area (Å²) in [7, 11) is 0. The topological polar surface area (TPSA) is 98.8 Å². The maximum Gasteiger partial charge on any atom is 0.412 e. The normalized spacial score (nSPS) is 11.5. The lowest BCUT2D eigenvalue weighted by Gasteiger charge is -2.20. The van der Waals surface area contributed by atoms with Crippen LogP contribution in [0.5, 0.6) is 5.75 Å². The van der Waals surface area contributed by atoms with Gasteiger partial charge < -0.3 is 14.2 Å². The van der Waals surface area contributed by atoms with E-state index in [4.69, 9.17) is 25.6 Å². The number of hydrogen-bond acceptors (Lipinski definition) is 6. The van der Waals surface area contributed by atoms with Crippen LogP contribution in [0.3, 0.4) is 0 Å². The zero-order valence-electron chi connectivity index (χ0n) is 23.5. The van der Waals surface area contributed by atoms with Crippen LogP contribution in [-0.2, 0) is 9.47 Å². The second-order valence-electron chi connectivity index (χ2n) is 11.2. The number of carbonyl (C=O) groups is 2. The highest BCUT2D eigenvalue weighted by Crippen LogP contribution is 2.36. The predicted molar refractivity (Wildman–Crippen MR) is 159 cm³/mol. The first-order valence-electron chi connectivity index (χ1n) is 12.9. The van der Waals surface area contributed by atoms with Gasteiger partial charge in [-0.3, -0.25) is 10.6 Å². The summed E-state index contributed by atoms with van der Waals surface area (Å²) in [5.74, 6) is 3.10. The average molecular weight is 540 g/mol. The first-order chi connectivity index (χ1) is 18.8. The number of rotatable bonds is 5. The van der Waals surface area contributed by atoms with E-state index in [1.807, 2.05) is 90.1 Å². The fourth-order valence-corrected chi connectivity index (χ4v) is 4.06. The van der Waals surface area contributed by atoms with Crippen molar-refractivity contribution in [1.29, 1.82) is 0 Å². The van der Waals surface area contributed by atoms with E-state index in [1.165, 1.54) is 0 Å². The van der Waals surface area contributed by atoms with Crippen LogP contribution in [0.15, 0.2) is 60.7 Å². The summed E-state index contributed by atoms with van der Waals surface area (Å²) in [6.45, 7) is 11.0. The highest BCUT2D eigenvalue weighted by molar-refractivity contribution is 6.13. The minimum absolute atomic E-state index is 0.170. The maximum absolute atomic E-state index is 12.4. The van der Waals surface area contributed by atoms with Crippen LogP contribution in [0.2, 0.25) is 0 Å². The lowest BCUT2D eigenvalue weighted by molar-refractivity contribution is 0.0624. The van der Waals surface area contributed by atoms with Gasteiger partial charge in [-0.05, 0) is 95.5 Å². The second-order valence-corrected chi connectivity index (χ2v) is 11.2. The van der Waals surface area contributed by atoms with Gasteiger partial charge >= 0.3 is 12.2 Å². The summed E-state index contributed by atoms with van der Waals surface area (Å²) < 4.78 is 16.3. The zero-order chi connectivity index (χ0) is 29.1. The lowest BCUT2D eigenvalue weighted by atomic mass is 9.99. The molecule has 0 aliphatic heterocycles. The van der Waals surface area contributed by atoms with Gasteiger partial charge in [0.2, 0.25) is 0 Å². The minimum Gasteiger partial charge on any atom is -0.481 e. The minimum atomic E-state index is -0.627. The summed E-state index contributed by atoms with van der Waals surface area (Å²) in [5.41, 5.74) is 2.08. The Morgan fingerprint density at radius 1 is 0.775 bits per heavy atom. The van der Waals surface area contributed by atoms with Gasteiger partial charge in [0.15, 0.2) is 0 Å². The highest BCUT2D eigenvalue weighted by Gasteiger charge is 2.19. The molecule has 8 nitrogen and oxygen atoms in total. The van der Waals surface area contributed by atoms with Gasteiger partial charge in [-0.25, -0.2) is 14.6 Å². The Balaban J connectivity index is 1.80. The average Bonchev–Trinajstić information content (AvgIpc) is 2.84. The zero-order valence-corrected chi connectivity index (χ0v) is 23.5. The van der Waals surface area contributed by atoms with E-state index in [0.717, 1.165) is 21.7 Å². The highest BCUT2D eigenvalue weighted by atomic mass is 16.6. The van der Waals surface area contributed by atoms with E-state index in [2.05, 4.69) is 16.6 Å². The molecule has 4 rings (SSSR count). The third kappa shape index (κ3) is 7.20. The molecular formula is C32H33N3O5. The molecule has 0 aliphatic rings. The Kier molecular flexibility index (Phi) is 7.87. The van der Waals surface area contributed by atoms with Crippen LogP contribution in [0.4, 0.5) is 21.0 Å². The molecule has 8 heteroatoms. The number of nitrogens with one attached hydrogen (secondary N) is 2. The SMILES string of the molecule is C#CCOc1ccc(-c2nc3cc(NC(=O)OC(C)(C)C)ccc3c3ccc(NC(=O)OC(C)(C)C)cc23)cc1.